The molecule has 3 N–H and O–H groups in total. The number of rotatable bonds is 9. The standard InChI is InChI=1S/C28H28ClF3N4O4/c29-22-3-1-2-4-23(22)36-16-21(26(35-36)28(30,31)32)27(40)33-14-13-24(37)34-20-11-9-19(10-12-20)18-7-5-17(6-8-18)15-25(38)39/h1-4,9-12,16-18H,5-8,13-15H2,(H,33,40)(H,34,37)(H,38,39). The number of aromatic nitrogens is 2. The molecule has 0 unspecified atom stereocenters. The molecule has 2 amide bonds. The number of carbonyl (C=O) groups excluding carboxylic acids is 2. The number of amides is 2. The number of aliphatic carboxylic acids is 1. The zero-order valence-corrected chi connectivity index (χ0v) is 22.1. The normalized spacial score (nSPS) is 17.3. The highest BCUT2D eigenvalue weighted by molar-refractivity contribution is 6.32. The number of alkyl halides is 3. The van der Waals surface area contributed by atoms with Crippen molar-refractivity contribution in [1.82, 2.24) is 15.1 Å². The monoisotopic (exact) mass is 576 g/mol. The number of nitrogens with zero attached hydrogens (tertiary/aromatic N) is 2. The van der Waals surface area contributed by atoms with Gasteiger partial charge in [-0.1, -0.05) is 35.9 Å². The predicted molar refractivity (Wildman–Crippen MR) is 143 cm³/mol. The summed E-state index contributed by atoms with van der Waals surface area (Å²) in [7, 11) is 0. The molecule has 40 heavy (non-hydrogen) atoms. The summed E-state index contributed by atoms with van der Waals surface area (Å²) < 4.78 is 41.6. The van der Waals surface area contributed by atoms with E-state index in [1.165, 1.54) is 12.1 Å². The van der Waals surface area contributed by atoms with E-state index in [4.69, 9.17) is 16.7 Å². The van der Waals surface area contributed by atoms with E-state index in [0.717, 1.165) is 42.1 Å². The number of benzene rings is 2. The average Bonchev–Trinajstić information content (AvgIpc) is 3.36. The second kappa shape index (κ2) is 12.5. The van der Waals surface area contributed by atoms with Gasteiger partial charge in [-0.3, -0.25) is 14.4 Å². The Hall–Kier alpha value is -3.86. The summed E-state index contributed by atoms with van der Waals surface area (Å²) in [5.41, 5.74) is -0.174. The van der Waals surface area contributed by atoms with Crippen molar-refractivity contribution in [3.8, 4) is 5.69 Å². The maximum Gasteiger partial charge on any atom is 0.435 e. The van der Waals surface area contributed by atoms with Crippen molar-refractivity contribution in [3.63, 3.8) is 0 Å². The van der Waals surface area contributed by atoms with Crippen LogP contribution in [0.15, 0.2) is 54.7 Å². The number of hydrogen-bond donors (Lipinski definition) is 3. The largest absolute Gasteiger partial charge is 0.481 e. The fourth-order valence-electron chi connectivity index (χ4n) is 4.90. The molecule has 0 spiro atoms. The fourth-order valence-corrected chi connectivity index (χ4v) is 5.13. The smallest absolute Gasteiger partial charge is 0.435 e. The van der Waals surface area contributed by atoms with E-state index < -0.39 is 35.2 Å². The lowest BCUT2D eigenvalue weighted by Gasteiger charge is -2.28. The molecule has 212 valence electrons. The number of carboxylic acids is 1. The number of para-hydroxylation sites is 1. The molecular weight excluding hydrogens is 549 g/mol. The van der Waals surface area contributed by atoms with E-state index in [0.29, 0.717) is 11.6 Å². The minimum atomic E-state index is -4.87. The summed E-state index contributed by atoms with van der Waals surface area (Å²) in [6, 6.07) is 13.6. The molecule has 8 nitrogen and oxygen atoms in total. The Morgan fingerprint density at radius 2 is 1.70 bits per heavy atom. The van der Waals surface area contributed by atoms with Gasteiger partial charge in [0.25, 0.3) is 5.91 Å². The van der Waals surface area contributed by atoms with Crippen molar-refractivity contribution in [2.75, 3.05) is 11.9 Å². The van der Waals surface area contributed by atoms with E-state index >= 15 is 0 Å². The lowest BCUT2D eigenvalue weighted by atomic mass is 9.77. The van der Waals surface area contributed by atoms with Gasteiger partial charge < -0.3 is 15.7 Å². The Balaban J connectivity index is 1.29. The highest BCUT2D eigenvalue weighted by Crippen LogP contribution is 2.37. The first-order valence-corrected chi connectivity index (χ1v) is 13.2. The molecule has 0 atom stereocenters. The maximum absolute atomic E-state index is 13.6. The fraction of sp³-hybridized carbons (Fsp3) is 0.357. The van der Waals surface area contributed by atoms with E-state index in [1.807, 2.05) is 12.1 Å². The van der Waals surface area contributed by atoms with Gasteiger partial charge in [0.15, 0.2) is 5.69 Å². The van der Waals surface area contributed by atoms with Crippen LogP contribution in [0.25, 0.3) is 5.69 Å². The molecule has 0 bridgehead atoms. The summed E-state index contributed by atoms with van der Waals surface area (Å²) in [5, 5.41) is 17.7. The van der Waals surface area contributed by atoms with Crippen LogP contribution in [0.4, 0.5) is 18.9 Å². The Kier molecular flexibility index (Phi) is 9.14. The summed E-state index contributed by atoms with van der Waals surface area (Å²) in [5.74, 6) is -1.63. The van der Waals surface area contributed by atoms with Crippen LogP contribution in [0.2, 0.25) is 5.02 Å². The molecule has 1 aromatic heterocycles. The van der Waals surface area contributed by atoms with Gasteiger partial charge in [-0.25, -0.2) is 4.68 Å². The number of nitrogens with one attached hydrogen (secondary N) is 2. The first kappa shape index (κ1) is 29.1. The molecule has 0 radical (unpaired) electrons. The minimum Gasteiger partial charge on any atom is -0.481 e. The summed E-state index contributed by atoms with van der Waals surface area (Å²) in [6.07, 6.45) is -0.304. The van der Waals surface area contributed by atoms with E-state index in [2.05, 4.69) is 15.7 Å². The van der Waals surface area contributed by atoms with Crippen LogP contribution in [0.3, 0.4) is 0 Å². The predicted octanol–water partition coefficient (Wildman–Crippen LogP) is 6.05. The van der Waals surface area contributed by atoms with Crippen LogP contribution in [-0.2, 0) is 15.8 Å². The second-order valence-electron chi connectivity index (χ2n) is 9.78. The van der Waals surface area contributed by atoms with Crippen molar-refractivity contribution in [1.29, 1.82) is 0 Å². The van der Waals surface area contributed by atoms with Gasteiger partial charge in [-0.2, -0.15) is 18.3 Å². The number of carboxylic acid groups (broad SMARTS) is 1. The van der Waals surface area contributed by atoms with Crippen molar-refractivity contribution < 1.29 is 32.7 Å². The van der Waals surface area contributed by atoms with E-state index in [9.17, 15) is 27.6 Å². The molecular formula is C28H28ClF3N4O4. The van der Waals surface area contributed by atoms with Gasteiger partial charge in [-0.15, -0.1) is 0 Å². The number of carbonyl (C=O) groups is 3. The average molecular weight is 577 g/mol. The Bertz CT molecular complexity index is 1370. The lowest BCUT2D eigenvalue weighted by Crippen LogP contribution is -2.29. The molecule has 12 heteroatoms. The first-order valence-electron chi connectivity index (χ1n) is 12.8. The molecule has 3 aromatic rings. The van der Waals surface area contributed by atoms with Gasteiger partial charge in [0, 0.05) is 31.3 Å². The third kappa shape index (κ3) is 7.41. The van der Waals surface area contributed by atoms with Crippen LogP contribution in [-0.4, -0.2) is 39.2 Å². The van der Waals surface area contributed by atoms with E-state index in [-0.39, 0.29) is 36.0 Å². The number of anilines is 1. The zero-order valence-electron chi connectivity index (χ0n) is 21.4. The maximum atomic E-state index is 13.6. The molecule has 0 aliphatic heterocycles. The van der Waals surface area contributed by atoms with Gasteiger partial charge in [-0.05, 0) is 67.3 Å². The number of hydrogen-bond acceptors (Lipinski definition) is 4. The first-order chi connectivity index (χ1) is 19.0. The van der Waals surface area contributed by atoms with Gasteiger partial charge in [0.2, 0.25) is 5.91 Å². The molecule has 1 aliphatic carbocycles. The summed E-state index contributed by atoms with van der Waals surface area (Å²) in [4.78, 5) is 35.9. The van der Waals surface area contributed by atoms with Crippen molar-refractivity contribution >= 4 is 35.1 Å². The SMILES string of the molecule is O=C(O)CC1CCC(c2ccc(NC(=O)CCNC(=O)c3cn(-c4ccccc4Cl)nc3C(F)(F)F)cc2)CC1. The van der Waals surface area contributed by atoms with Gasteiger partial charge in [0.05, 0.1) is 16.3 Å². The van der Waals surface area contributed by atoms with Crippen LogP contribution >= 0.6 is 11.6 Å². The molecule has 2 aromatic carbocycles. The van der Waals surface area contributed by atoms with Crippen molar-refractivity contribution in [2.24, 2.45) is 5.92 Å². The molecule has 1 aliphatic rings. The van der Waals surface area contributed by atoms with Crippen molar-refractivity contribution in [3.05, 3.63) is 76.6 Å². The topological polar surface area (TPSA) is 113 Å². The Morgan fingerprint density at radius 1 is 1.02 bits per heavy atom. The molecule has 0 saturated heterocycles. The van der Waals surface area contributed by atoms with Crippen molar-refractivity contribution in [2.45, 2.75) is 50.6 Å². The second-order valence-corrected chi connectivity index (χ2v) is 10.2. The number of halogens is 4. The molecule has 4 rings (SSSR count). The molecule has 1 heterocycles. The molecule has 1 saturated carbocycles. The molecule has 1 fully saturated rings. The Morgan fingerprint density at radius 3 is 2.33 bits per heavy atom. The zero-order chi connectivity index (χ0) is 28.9. The van der Waals surface area contributed by atoms with Gasteiger partial charge >= 0.3 is 12.1 Å². The van der Waals surface area contributed by atoms with Crippen LogP contribution in [0, 0.1) is 5.92 Å². The summed E-state index contributed by atoms with van der Waals surface area (Å²) >= 11 is 6.06. The van der Waals surface area contributed by atoms with Gasteiger partial charge in [0.1, 0.15) is 0 Å². The quantitative estimate of drug-likeness (QED) is 0.287. The lowest BCUT2D eigenvalue weighted by molar-refractivity contribution is -0.141. The van der Waals surface area contributed by atoms with Crippen LogP contribution in [0.1, 0.15) is 66.1 Å². The highest BCUT2D eigenvalue weighted by Gasteiger charge is 2.39. The third-order valence-electron chi connectivity index (χ3n) is 6.94. The van der Waals surface area contributed by atoms with Crippen LogP contribution < -0.4 is 10.6 Å². The van der Waals surface area contributed by atoms with Crippen LogP contribution in [0.5, 0.6) is 0 Å². The third-order valence-corrected chi connectivity index (χ3v) is 7.26. The highest BCUT2D eigenvalue weighted by atomic mass is 35.5. The minimum absolute atomic E-state index is 0.152. The summed E-state index contributed by atoms with van der Waals surface area (Å²) in [6.45, 7) is -0.184. The Labute approximate surface area is 233 Å². The van der Waals surface area contributed by atoms with E-state index in [1.54, 1.807) is 24.3 Å².